The maximum absolute atomic E-state index is 13.4. The largest absolute Gasteiger partial charge is 0.497 e. The molecule has 0 N–H and O–H groups in total. The minimum absolute atomic E-state index is 0.110. The monoisotopic (exact) mass is 405 g/mol. The van der Waals surface area contributed by atoms with Gasteiger partial charge in [-0.05, 0) is 62.8 Å². The first-order valence-electron chi connectivity index (χ1n) is 10.3. The summed E-state index contributed by atoms with van der Waals surface area (Å²) in [7, 11) is 3.75. The minimum atomic E-state index is -0.110. The number of hydrogen-bond acceptors (Lipinski definition) is 5. The van der Waals surface area contributed by atoms with Gasteiger partial charge < -0.3 is 19.1 Å². The molecular formula is C24H27N3O3. The van der Waals surface area contributed by atoms with Crippen molar-refractivity contribution in [3.63, 3.8) is 0 Å². The summed E-state index contributed by atoms with van der Waals surface area (Å²) >= 11 is 0. The Morgan fingerprint density at radius 2 is 1.83 bits per heavy atom. The highest BCUT2D eigenvalue weighted by atomic mass is 16.5. The van der Waals surface area contributed by atoms with Crippen molar-refractivity contribution in [3.05, 3.63) is 72.0 Å². The van der Waals surface area contributed by atoms with Gasteiger partial charge in [-0.25, -0.2) is 0 Å². The molecule has 3 aromatic rings. The highest BCUT2D eigenvalue weighted by molar-refractivity contribution is 5.92. The number of carbonyl (C=O) groups excluding carboxylic acids is 1. The summed E-state index contributed by atoms with van der Waals surface area (Å²) < 4.78 is 10.7. The van der Waals surface area contributed by atoms with E-state index in [2.05, 4.69) is 29.2 Å². The molecule has 30 heavy (non-hydrogen) atoms. The second-order valence-electron chi connectivity index (χ2n) is 7.76. The molecule has 0 saturated carbocycles. The summed E-state index contributed by atoms with van der Waals surface area (Å²) in [6.45, 7) is 2.53. The molecule has 6 heteroatoms. The van der Waals surface area contributed by atoms with Gasteiger partial charge in [0.1, 0.15) is 11.4 Å². The number of aromatic nitrogens is 1. The van der Waals surface area contributed by atoms with Crippen molar-refractivity contribution in [1.82, 2.24) is 15.0 Å². The van der Waals surface area contributed by atoms with Gasteiger partial charge in [-0.1, -0.05) is 35.5 Å². The van der Waals surface area contributed by atoms with Crippen LogP contribution in [0, 0.1) is 0 Å². The molecule has 0 bridgehead atoms. The highest BCUT2D eigenvalue weighted by Gasteiger charge is 2.30. The number of ether oxygens (including phenoxy) is 1. The molecule has 2 aromatic carbocycles. The summed E-state index contributed by atoms with van der Waals surface area (Å²) in [5.41, 5.74) is 2.64. The van der Waals surface area contributed by atoms with E-state index in [0.29, 0.717) is 12.2 Å². The topological polar surface area (TPSA) is 58.8 Å². The lowest BCUT2D eigenvalue weighted by Gasteiger charge is -2.37. The Hall–Kier alpha value is -3.12. The summed E-state index contributed by atoms with van der Waals surface area (Å²) in [6, 6.07) is 19.6. The zero-order valence-electron chi connectivity index (χ0n) is 17.5. The Bertz CT molecular complexity index is 961. The van der Waals surface area contributed by atoms with Gasteiger partial charge in [-0.15, -0.1) is 0 Å². The number of amides is 1. The molecule has 0 spiro atoms. The van der Waals surface area contributed by atoms with E-state index >= 15 is 0 Å². The number of benzene rings is 2. The van der Waals surface area contributed by atoms with Crippen LogP contribution in [0.2, 0.25) is 0 Å². The molecule has 1 amide bonds. The second kappa shape index (κ2) is 9.13. The minimum Gasteiger partial charge on any atom is -0.497 e. The quantitative estimate of drug-likeness (QED) is 0.618. The van der Waals surface area contributed by atoms with Crippen LogP contribution in [0.5, 0.6) is 5.75 Å². The molecule has 1 aliphatic heterocycles. The molecule has 1 aromatic heterocycles. The third-order valence-electron chi connectivity index (χ3n) is 5.69. The van der Waals surface area contributed by atoms with Gasteiger partial charge in [0.15, 0.2) is 0 Å². The van der Waals surface area contributed by atoms with Gasteiger partial charge in [0.2, 0.25) is 5.76 Å². The predicted molar refractivity (Wildman–Crippen MR) is 115 cm³/mol. The average molecular weight is 405 g/mol. The molecule has 4 rings (SSSR count). The molecule has 156 valence electrons. The molecule has 0 radical (unpaired) electrons. The average Bonchev–Trinajstić information content (AvgIpc) is 3.29. The first-order chi connectivity index (χ1) is 14.6. The first-order valence-corrected chi connectivity index (χ1v) is 10.3. The maximum Gasteiger partial charge on any atom is 0.293 e. The number of methoxy groups -OCH3 is 1. The van der Waals surface area contributed by atoms with E-state index in [4.69, 9.17) is 9.26 Å². The van der Waals surface area contributed by atoms with Crippen LogP contribution < -0.4 is 4.74 Å². The van der Waals surface area contributed by atoms with Crippen LogP contribution >= 0.6 is 0 Å². The lowest BCUT2D eigenvalue weighted by atomic mass is 10.0. The van der Waals surface area contributed by atoms with E-state index < -0.39 is 0 Å². The van der Waals surface area contributed by atoms with Crippen LogP contribution in [-0.4, -0.2) is 54.2 Å². The van der Waals surface area contributed by atoms with Gasteiger partial charge in [-0.3, -0.25) is 4.79 Å². The Morgan fingerprint density at radius 3 is 2.50 bits per heavy atom. The second-order valence-corrected chi connectivity index (χ2v) is 7.76. The normalized spacial score (nSPS) is 15.1. The fraction of sp³-hybridized carbons (Fsp3) is 0.333. The molecule has 0 aliphatic carbocycles. The molecule has 0 atom stereocenters. The van der Waals surface area contributed by atoms with Gasteiger partial charge >= 0.3 is 0 Å². The first kappa shape index (κ1) is 20.2. The van der Waals surface area contributed by atoms with Gasteiger partial charge in [0.25, 0.3) is 5.91 Å². The van der Waals surface area contributed by atoms with Crippen LogP contribution in [0.4, 0.5) is 0 Å². The van der Waals surface area contributed by atoms with Crippen molar-refractivity contribution in [1.29, 1.82) is 0 Å². The molecule has 1 fully saturated rings. The van der Waals surface area contributed by atoms with Crippen LogP contribution in [0.25, 0.3) is 11.3 Å². The Balaban J connectivity index is 1.57. The summed E-state index contributed by atoms with van der Waals surface area (Å²) in [6.07, 6.45) is 1.91. The van der Waals surface area contributed by atoms with Crippen molar-refractivity contribution >= 4 is 5.91 Å². The van der Waals surface area contributed by atoms with E-state index in [9.17, 15) is 4.79 Å². The fourth-order valence-electron chi connectivity index (χ4n) is 3.87. The summed E-state index contributed by atoms with van der Waals surface area (Å²) in [4.78, 5) is 17.7. The molecule has 0 unspecified atom stereocenters. The molecule has 1 aliphatic rings. The van der Waals surface area contributed by atoms with E-state index in [1.165, 1.54) is 0 Å². The molecule has 1 saturated heterocycles. The molecular weight excluding hydrogens is 378 g/mol. The number of carbonyl (C=O) groups is 1. The molecule has 2 heterocycles. The number of rotatable bonds is 6. The maximum atomic E-state index is 13.4. The van der Waals surface area contributed by atoms with E-state index in [1.54, 1.807) is 13.2 Å². The zero-order chi connectivity index (χ0) is 20.9. The number of hydrogen-bond donors (Lipinski definition) is 0. The third kappa shape index (κ3) is 4.54. The van der Waals surface area contributed by atoms with Gasteiger partial charge in [0, 0.05) is 24.2 Å². The highest BCUT2D eigenvalue weighted by Crippen LogP contribution is 2.25. The molecule has 6 nitrogen and oxygen atoms in total. The number of likely N-dealkylation sites (tertiary alicyclic amines) is 1. The van der Waals surface area contributed by atoms with Gasteiger partial charge in [-0.2, -0.15) is 0 Å². The van der Waals surface area contributed by atoms with E-state index in [0.717, 1.165) is 42.8 Å². The van der Waals surface area contributed by atoms with Gasteiger partial charge in [0.05, 0.1) is 7.11 Å². The van der Waals surface area contributed by atoms with Crippen molar-refractivity contribution in [3.8, 4) is 17.0 Å². The lowest BCUT2D eigenvalue weighted by molar-refractivity contribution is 0.0529. The fourth-order valence-corrected chi connectivity index (χ4v) is 3.87. The van der Waals surface area contributed by atoms with Crippen molar-refractivity contribution < 1.29 is 14.1 Å². The smallest absolute Gasteiger partial charge is 0.293 e. The van der Waals surface area contributed by atoms with Crippen molar-refractivity contribution in [2.75, 3.05) is 27.2 Å². The standard InChI is InChI=1S/C24H27N3O3/c1-26-14-12-20(13-15-26)27(17-18-6-4-3-5-7-18)24(28)23-16-22(25-30-23)19-8-10-21(29-2)11-9-19/h3-11,16,20H,12-15,17H2,1-2H3. The van der Waals surface area contributed by atoms with E-state index in [1.807, 2.05) is 47.4 Å². The number of nitrogens with zero attached hydrogens (tertiary/aromatic N) is 3. The Morgan fingerprint density at radius 1 is 1.13 bits per heavy atom. The predicted octanol–water partition coefficient (Wildman–Crippen LogP) is 4.09. The van der Waals surface area contributed by atoms with Crippen LogP contribution in [-0.2, 0) is 6.54 Å². The third-order valence-corrected chi connectivity index (χ3v) is 5.69. The number of piperidine rings is 1. The Kier molecular flexibility index (Phi) is 6.14. The lowest BCUT2D eigenvalue weighted by Crippen LogP contribution is -2.46. The summed E-state index contributed by atoms with van der Waals surface area (Å²) in [5, 5.41) is 4.14. The van der Waals surface area contributed by atoms with Crippen LogP contribution in [0.3, 0.4) is 0 Å². The van der Waals surface area contributed by atoms with Crippen molar-refractivity contribution in [2.24, 2.45) is 0 Å². The van der Waals surface area contributed by atoms with E-state index in [-0.39, 0.29) is 17.7 Å². The van der Waals surface area contributed by atoms with Crippen LogP contribution in [0.1, 0.15) is 29.0 Å². The zero-order valence-corrected chi connectivity index (χ0v) is 17.5. The SMILES string of the molecule is COc1ccc(-c2cc(C(=O)N(Cc3ccccc3)C3CCN(C)CC3)on2)cc1. The van der Waals surface area contributed by atoms with Crippen molar-refractivity contribution in [2.45, 2.75) is 25.4 Å². The van der Waals surface area contributed by atoms with Crippen LogP contribution in [0.15, 0.2) is 65.2 Å². The summed E-state index contributed by atoms with van der Waals surface area (Å²) in [5.74, 6) is 0.936. The Labute approximate surface area is 177 Å².